The standard InChI is InChI=1S/C20H43N/c1-4-7-9-10-11-12-13-14-15-16-18-20(17-6-3)21-19-8-5-2/h20-21H,4-19H2,1-3H3. The number of rotatable bonds is 17. The molecule has 128 valence electrons. The van der Waals surface area contributed by atoms with Crippen LogP contribution in [-0.4, -0.2) is 12.6 Å². The van der Waals surface area contributed by atoms with Crippen molar-refractivity contribution in [1.29, 1.82) is 0 Å². The summed E-state index contributed by atoms with van der Waals surface area (Å²) in [5.41, 5.74) is 0. The number of nitrogens with one attached hydrogen (secondary N) is 1. The van der Waals surface area contributed by atoms with Crippen molar-refractivity contribution in [3.05, 3.63) is 0 Å². The molecule has 0 aliphatic carbocycles. The number of hydrogen-bond donors (Lipinski definition) is 1. The number of hydrogen-bond acceptors (Lipinski definition) is 1. The molecule has 0 saturated carbocycles. The van der Waals surface area contributed by atoms with Gasteiger partial charge in [-0.2, -0.15) is 0 Å². The quantitative estimate of drug-likeness (QED) is 0.289. The van der Waals surface area contributed by atoms with Crippen molar-refractivity contribution >= 4 is 0 Å². The first kappa shape index (κ1) is 21.0. The lowest BCUT2D eigenvalue weighted by Crippen LogP contribution is -2.29. The molecule has 21 heavy (non-hydrogen) atoms. The third kappa shape index (κ3) is 16.2. The minimum absolute atomic E-state index is 0.788. The summed E-state index contributed by atoms with van der Waals surface area (Å²) in [5.74, 6) is 0. The summed E-state index contributed by atoms with van der Waals surface area (Å²) in [7, 11) is 0. The van der Waals surface area contributed by atoms with Gasteiger partial charge in [-0.25, -0.2) is 0 Å². The molecule has 0 radical (unpaired) electrons. The Bertz CT molecular complexity index is 179. The monoisotopic (exact) mass is 297 g/mol. The van der Waals surface area contributed by atoms with E-state index >= 15 is 0 Å². The SMILES string of the molecule is CCCCCCCCCCCCC(CCC)NCCCC. The first-order chi connectivity index (χ1) is 10.3. The molecule has 0 saturated heterocycles. The van der Waals surface area contributed by atoms with E-state index in [-0.39, 0.29) is 0 Å². The smallest absolute Gasteiger partial charge is 0.00669 e. The topological polar surface area (TPSA) is 12.0 Å². The summed E-state index contributed by atoms with van der Waals surface area (Å²) in [6.45, 7) is 8.10. The summed E-state index contributed by atoms with van der Waals surface area (Å²) < 4.78 is 0. The van der Waals surface area contributed by atoms with Gasteiger partial charge in [0.25, 0.3) is 0 Å². The molecule has 1 nitrogen and oxygen atoms in total. The van der Waals surface area contributed by atoms with Crippen LogP contribution in [0.2, 0.25) is 0 Å². The van der Waals surface area contributed by atoms with E-state index in [2.05, 4.69) is 26.1 Å². The molecule has 0 aromatic carbocycles. The highest BCUT2D eigenvalue weighted by Gasteiger charge is 2.05. The van der Waals surface area contributed by atoms with Gasteiger partial charge in [-0.1, -0.05) is 97.8 Å². The highest BCUT2D eigenvalue weighted by molar-refractivity contribution is 4.66. The van der Waals surface area contributed by atoms with Crippen LogP contribution in [0.1, 0.15) is 117 Å². The fourth-order valence-electron chi connectivity index (χ4n) is 3.06. The van der Waals surface area contributed by atoms with Gasteiger partial charge < -0.3 is 5.32 Å². The molecular weight excluding hydrogens is 254 g/mol. The summed E-state index contributed by atoms with van der Waals surface area (Å²) in [6.07, 6.45) is 21.2. The predicted octanol–water partition coefficient (Wildman–Crippen LogP) is 6.86. The molecule has 0 spiro atoms. The van der Waals surface area contributed by atoms with Crippen LogP contribution in [0.15, 0.2) is 0 Å². The van der Waals surface area contributed by atoms with Crippen molar-refractivity contribution in [2.75, 3.05) is 6.54 Å². The Morgan fingerprint density at radius 1 is 0.524 bits per heavy atom. The van der Waals surface area contributed by atoms with Gasteiger partial charge in [0.2, 0.25) is 0 Å². The van der Waals surface area contributed by atoms with Crippen LogP contribution < -0.4 is 5.32 Å². The van der Waals surface area contributed by atoms with Crippen molar-refractivity contribution < 1.29 is 0 Å². The molecule has 0 aliphatic rings. The average Bonchev–Trinajstić information content (AvgIpc) is 2.49. The zero-order chi connectivity index (χ0) is 15.6. The summed E-state index contributed by atoms with van der Waals surface area (Å²) in [6, 6.07) is 0.788. The van der Waals surface area contributed by atoms with Gasteiger partial charge in [0, 0.05) is 6.04 Å². The molecule has 1 N–H and O–H groups in total. The summed E-state index contributed by atoms with van der Waals surface area (Å²) in [4.78, 5) is 0. The van der Waals surface area contributed by atoms with E-state index in [1.807, 2.05) is 0 Å². The Morgan fingerprint density at radius 3 is 1.57 bits per heavy atom. The minimum Gasteiger partial charge on any atom is -0.314 e. The minimum atomic E-state index is 0.788. The van der Waals surface area contributed by atoms with E-state index in [4.69, 9.17) is 0 Å². The van der Waals surface area contributed by atoms with E-state index in [1.54, 1.807) is 0 Å². The maximum absolute atomic E-state index is 3.75. The van der Waals surface area contributed by atoms with Crippen LogP contribution in [-0.2, 0) is 0 Å². The second kappa shape index (κ2) is 18.0. The fourth-order valence-corrected chi connectivity index (χ4v) is 3.06. The Morgan fingerprint density at radius 2 is 1.05 bits per heavy atom. The van der Waals surface area contributed by atoms with Crippen LogP contribution in [0.5, 0.6) is 0 Å². The molecular formula is C20H43N. The molecule has 0 heterocycles. The molecule has 0 amide bonds. The second-order valence-corrected chi connectivity index (χ2v) is 6.76. The van der Waals surface area contributed by atoms with Gasteiger partial charge in [0.1, 0.15) is 0 Å². The zero-order valence-electron chi connectivity index (χ0n) is 15.4. The third-order valence-electron chi connectivity index (χ3n) is 4.51. The summed E-state index contributed by atoms with van der Waals surface area (Å²) >= 11 is 0. The Balaban J connectivity index is 3.32. The van der Waals surface area contributed by atoms with E-state index in [9.17, 15) is 0 Å². The van der Waals surface area contributed by atoms with E-state index in [1.165, 1.54) is 103 Å². The van der Waals surface area contributed by atoms with Crippen molar-refractivity contribution in [2.45, 2.75) is 123 Å². The van der Waals surface area contributed by atoms with Crippen LogP contribution in [0.4, 0.5) is 0 Å². The lowest BCUT2D eigenvalue weighted by atomic mass is 10.0. The van der Waals surface area contributed by atoms with Crippen LogP contribution in [0.25, 0.3) is 0 Å². The molecule has 1 heteroatoms. The average molecular weight is 298 g/mol. The highest BCUT2D eigenvalue weighted by Crippen LogP contribution is 2.13. The fraction of sp³-hybridized carbons (Fsp3) is 1.00. The highest BCUT2D eigenvalue weighted by atomic mass is 14.9. The van der Waals surface area contributed by atoms with Gasteiger partial charge >= 0.3 is 0 Å². The molecule has 0 aromatic rings. The van der Waals surface area contributed by atoms with Gasteiger partial charge in [-0.05, 0) is 25.8 Å². The lowest BCUT2D eigenvalue weighted by molar-refractivity contribution is 0.422. The maximum atomic E-state index is 3.75. The Hall–Kier alpha value is -0.0400. The van der Waals surface area contributed by atoms with E-state index in [0.29, 0.717) is 0 Å². The van der Waals surface area contributed by atoms with Crippen LogP contribution >= 0.6 is 0 Å². The number of unbranched alkanes of at least 4 members (excludes halogenated alkanes) is 10. The molecule has 1 unspecified atom stereocenters. The Kier molecular flexibility index (Phi) is 18.0. The predicted molar refractivity (Wildman–Crippen MR) is 98.1 cm³/mol. The Labute approximate surface area is 135 Å². The van der Waals surface area contributed by atoms with E-state index < -0.39 is 0 Å². The second-order valence-electron chi connectivity index (χ2n) is 6.76. The maximum Gasteiger partial charge on any atom is 0.00669 e. The molecule has 1 atom stereocenters. The molecule has 0 aromatic heterocycles. The van der Waals surface area contributed by atoms with Gasteiger partial charge in [-0.3, -0.25) is 0 Å². The van der Waals surface area contributed by atoms with Gasteiger partial charge in [0.05, 0.1) is 0 Å². The third-order valence-corrected chi connectivity index (χ3v) is 4.51. The van der Waals surface area contributed by atoms with Crippen molar-refractivity contribution in [3.8, 4) is 0 Å². The van der Waals surface area contributed by atoms with E-state index in [0.717, 1.165) is 6.04 Å². The van der Waals surface area contributed by atoms with Gasteiger partial charge in [-0.15, -0.1) is 0 Å². The molecule has 0 rings (SSSR count). The zero-order valence-corrected chi connectivity index (χ0v) is 15.4. The van der Waals surface area contributed by atoms with Gasteiger partial charge in [0.15, 0.2) is 0 Å². The van der Waals surface area contributed by atoms with Crippen LogP contribution in [0.3, 0.4) is 0 Å². The molecule has 0 fully saturated rings. The lowest BCUT2D eigenvalue weighted by Gasteiger charge is -2.17. The van der Waals surface area contributed by atoms with Crippen molar-refractivity contribution in [3.63, 3.8) is 0 Å². The largest absolute Gasteiger partial charge is 0.314 e. The van der Waals surface area contributed by atoms with Crippen molar-refractivity contribution in [2.24, 2.45) is 0 Å². The first-order valence-corrected chi connectivity index (χ1v) is 10.1. The normalized spacial score (nSPS) is 12.7. The van der Waals surface area contributed by atoms with Crippen LogP contribution in [0, 0.1) is 0 Å². The molecule has 0 aliphatic heterocycles. The van der Waals surface area contributed by atoms with Crippen molar-refractivity contribution in [1.82, 2.24) is 5.32 Å². The summed E-state index contributed by atoms with van der Waals surface area (Å²) in [5, 5.41) is 3.75. The molecule has 0 bridgehead atoms. The first-order valence-electron chi connectivity index (χ1n) is 10.1.